The van der Waals surface area contributed by atoms with E-state index in [0.29, 0.717) is 24.1 Å². The number of thiazole rings is 1. The predicted molar refractivity (Wildman–Crippen MR) is 127 cm³/mol. The van der Waals surface area contributed by atoms with Gasteiger partial charge in [0, 0.05) is 29.3 Å². The maximum absolute atomic E-state index is 12.9. The van der Waals surface area contributed by atoms with Crippen molar-refractivity contribution in [2.45, 2.75) is 43.1 Å². The van der Waals surface area contributed by atoms with Crippen LogP contribution >= 0.6 is 23.1 Å². The number of aromatic nitrogens is 1. The molecule has 0 bridgehead atoms. The third-order valence-electron chi connectivity index (χ3n) is 6.28. The van der Waals surface area contributed by atoms with Crippen LogP contribution in [0.3, 0.4) is 0 Å². The number of amides is 3. The van der Waals surface area contributed by atoms with Crippen molar-refractivity contribution in [2.75, 3.05) is 18.0 Å². The highest BCUT2D eigenvalue weighted by molar-refractivity contribution is 8.00. The van der Waals surface area contributed by atoms with Crippen molar-refractivity contribution >= 4 is 57.6 Å². The maximum Gasteiger partial charge on any atom is 0.352 e. The molecule has 0 aromatic carbocycles. The van der Waals surface area contributed by atoms with Gasteiger partial charge in [-0.2, -0.15) is 0 Å². The number of aliphatic carboxylic acids is 1. The number of carbonyl (C=O) groups excluding carboxylic acids is 3. The molecule has 5 N–H and O–H groups in total. The maximum atomic E-state index is 12.9. The number of hydrogen-bond donors (Lipinski definition) is 4. The van der Waals surface area contributed by atoms with Crippen molar-refractivity contribution in [3.05, 3.63) is 34.0 Å². The molecule has 1 aliphatic carbocycles. The number of thioether (sulfide) groups is 1. The molecule has 2 atom stereocenters. The van der Waals surface area contributed by atoms with Gasteiger partial charge in [0.1, 0.15) is 22.8 Å². The predicted octanol–water partition coefficient (Wildman–Crippen LogP) is 0.353. The Balaban J connectivity index is 1.35. The number of likely N-dealkylation sites (tertiary alicyclic amines) is 1. The first kappa shape index (κ1) is 23.4. The van der Waals surface area contributed by atoms with Gasteiger partial charge in [-0.15, -0.1) is 23.1 Å². The number of anilines is 1. The number of fused-ring (bicyclic) bond motifs is 1. The van der Waals surface area contributed by atoms with E-state index in [1.807, 2.05) is 4.90 Å². The number of carboxylic acid groups (broad SMARTS) is 1. The summed E-state index contributed by atoms with van der Waals surface area (Å²) in [7, 11) is 0. The first-order valence-electron chi connectivity index (χ1n) is 11.0. The average Bonchev–Trinajstić information content (AvgIpc) is 3.59. The van der Waals surface area contributed by atoms with Gasteiger partial charge in [-0.25, -0.2) is 9.78 Å². The van der Waals surface area contributed by atoms with E-state index >= 15 is 0 Å². The highest BCUT2D eigenvalue weighted by Crippen LogP contribution is 2.41. The molecule has 3 fully saturated rings. The Bertz CT molecular complexity index is 1220. The fourth-order valence-corrected chi connectivity index (χ4v) is 6.34. The van der Waals surface area contributed by atoms with E-state index in [2.05, 4.69) is 15.5 Å². The molecule has 1 saturated carbocycles. The van der Waals surface area contributed by atoms with Crippen LogP contribution in [0.1, 0.15) is 31.4 Å². The fourth-order valence-electron chi connectivity index (χ4n) is 4.48. The number of carboxylic acids is 1. The third kappa shape index (κ3) is 4.16. The molecular formula is C21H22N6O6S2. The molecule has 4 aliphatic rings. The minimum Gasteiger partial charge on any atom is -0.477 e. The van der Waals surface area contributed by atoms with E-state index < -0.39 is 34.9 Å². The molecular weight excluding hydrogens is 496 g/mol. The number of β-lactam (4-membered cyclic amide) rings is 1. The Morgan fingerprint density at radius 1 is 1.31 bits per heavy atom. The molecule has 12 nitrogen and oxygen atoms in total. The van der Waals surface area contributed by atoms with E-state index in [4.69, 9.17) is 5.73 Å². The highest BCUT2D eigenvalue weighted by Gasteiger charge is 2.54. The monoisotopic (exact) mass is 518 g/mol. The fraction of sp³-hybridized carbons (Fsp3) is 0.429. The number of nitrogen functional groups attached to an aromatic ring is 1. The number of hydrogen-bond acceptors (Lipinski definition) is 10. The van der Waals surface area contributed by atoms with Crippen molar-refractivity contribution in [2.24, 2.45) is 5.16 Å². The second-order valence-corrected chi connectivity index (χ2v) is 10.6. The van der Waals surface area contributed by atoms with E-state index in [9.17, 15) is 29.5 Å². The average molecular weight is 519 g/mol. The van der Waals surface area contributed by atoms with Crippen LogP contribution in [-0.2, 0) is 19.2 Å². The molecule has 2 saturated heterocycles. The van der Waals surface area contributed by atoms with Crippen LogP contribution in [0.25, 0.3) is 0 Å². The smallest absolute Gasteiger partial charge is 0.352 e. The summed E-state index contributed by atoms with van der Waals surface area (Å²) in [6.07, 6.45) is 4.98. The van der Waals surface area contributed by atoms with Gasteiger partial charge in [-0.05, 0) is 37.3 Å². The zero-order chi connectivity index (χ0) is 24.9. The Kier molecular flexibility index (Phi) is 6.01. The number of oxime groups is 1. The molecule has 184 valence electrons. The SMILES string of the molecule is Nc1nc(C(=NO)C(=O)N[C@@H]2C(=O)N3C(C(=O)O)=C(C=C4CCCN(C5CC5)C4=O)CS[C@H]23)cs1. The van der Waals surface area contributed by atoms with Crippen molar-refractivity contribution in [1.29, 1.82) is 0 Å². The number of allylic oxidation sites excluding steroid dienone is 1. The van der Waals surface area contributed by atoms with Gasteiger partial charge in [-0.3, -0.25) is 19.3 Å². The second kappa shape index (κ2) is 9.00. The number of rotatable bonds is 6. The van der Waals surface area contributed by atoms with Crippen molar-refractivity contribution in [3.8, 4) is 0 Å². The molecule has 35 heavy (non-hydrogen) atoms. The van der Waals surface area contributed by atoms with Gasteiger partial charge in [0.25, 0.3) is 11.8 Å². The largest absolute Gasteiger partial charge is 0.477 e. The first-order valence-corrected chi connectivity index (χ1v) is 12.9. The standard InChI is InChI=1S/C21H22N6O6S2/c22-21-23-12(8-35-21)13(25-33)16(28)24-14-18(30)27-15(20(31)32)10(7-34-19(14)27)6-9-2-1-5-26(17(9)29)11-3-4-11/h6,8,11,14,19,33H,1-5,7H2,(H2,22,23)(H,24,28)(H,31,32)/t14-,19-/m1/s1. The summed E-state index contributed by atoms with van der Waals surface area (Å²) in [5.41, 5.74) is 5.99. The first-order chi connectivity index (χ1) is 16.8. The summed E-state index contributed by atoms with van der Waals surface area (Å²) in [5, 5.41) is 25.6. The normalized spacial score (nSPS) is 26.1. The van der Waals surface area contributed by atoms with Crippen molar-refractivity contribution < 1.29 is 29.5 Å². The minimum atomic E-state index is -1.28. The lowest BCUT2D eigenvalue weighted by atomic mass is 9.98. The number of carbonyl (C=O) groups is 4. The van der Waals surface area contributed by atoms with Crippen LogP contribution in [0, 0.1) is 0 Å². The molecule has 1 aromatic heterocycles. The highest BCUT2D eigenvalue weighted by atomic mass is 32.2. The summed E-state index contributed by atoms with van der Waals surface area (Å²) < 4.78 is 0. The molecule has 3 aliphatic heterocycles. The number of nitrogens with two attached hydrogens (primary N) is 1. The lowest BCUT2D eigenvalue weighted by Crippen LogP contribution is -2.71. The summed E-state index contributed by atoms with van der Waals surface area (Å²) in [6, 6.07) is -0.732. The molecule has 4 heterocycles. The van der Waals surface area contributed by atoms with Gasteiger partial charge in [0.2, 0.25) is 5.91 Å². The molecule has 1 aromatic rings. The Morgan fingerprint density at radius 2 is 2.09 bits per heavy atom. The zero-order valence-electron chi connectivity index (χ0n) is 18.3. The molecule has 14 heteroatoms. The quantitative estimate of drug-likeness (QED) is 0.136. The van der Waals surface area contributed by atoms with Crippen LogP contribution in [0.2, 0.25) is 0 Å². The van der Waals surface area contributed by atoms with Crippen LogP contribution < -0.4 is 11.1 Å². The second-order valence-electron chi connectivity index (χ2n) is 8.56. The van der Waals surface area contributed by atoms with Crippen LogP contribution in [0.4, 0.5) is 5.13 Å². The van der Waals surface area contributed by atoms with Crippen LogP contribution in [-0.4, -0.2) is 84.3 Å². The summed E-state index contributed by atoms with van der Waals surface area (Å²) in [5.74, 6) is -2.53. The lowest BCUT2D eigenvalue weighted by Gasteiger charge is -2.49. The van der Waals surface area contributed by atoms with E-state index in [1.54, 1.807) is 6.08 Å². The van der Waals surface area contributed by atoms with E-state index in [1.165, 1.54) is 17.1 Å². The van der Waals surface area contributed by atoms with Crippen molar-refractivity contribution in [1.82, 2.24) is 20.1 Å². The Labute approximate surface area is 207 Å². The Hall–Kier alpha value is -3.39. The molecule has 0 unspecified atom stereocenters. The molecule has 0 radical (unpaired) electrons. The third-order valence-corrected chi connectivity index (χ3v) is 8.26. The van der Waals surface area contributed by atoms with Gasteiger partial charge in [-0.1, -0.05) is 5.16 Å². The van der Waals surface area contributed by atoms with Gasteiger partial charge >= 0.3 is 5.97 Å². The van der Waals surface area contributed by atoms with E-state index in [0.717, 1.165) is 35.5 Å². The van der Waals surface area contributed by atoms with Crippen LogP contribution in [0.15, 0.2) is 33.5 Å². The number of nitrogens with zero attached hydrogens (tertiary/aromatic N) is 4. The summed E-state index contributed by atoms with van der Waals surface area (Å²) in [6.45, 7) is 0.709. The van der Waals surface area contributed by atoms with Crippen molar-refractivity contribution in [3.63, 3.8) is 0 Å². The molecule has 0 spiro atoms. The summed E-state index contributed by atoms with van der Waals surface area (Å²) >= 11 is 2.35. The topological polar surface area (TPSA) is 179 Å². The number of nitrogens with one attached hydrogen (secondary N) is 1. The minimum absolute atomic E-state index is 0.0600. The molecule has 3 amide bonds. The van der Waals surface area contributed by atoms with E-state index in [-0.39, 0.29) is 34.2 Å². The number of piperidine rings is 1. The van der Waals surface area contributed by atoms with Gasteiger partial charge < -0.3 is 26.3 Å². The van der Waals surface area contributed by atoms with Gasteiger partial charge in [0.05, 0.1) is 0 Å². The Morgan fingerprint density at radius 3 is 2.71 bits per heavy atom. The molecule has 5 rings (SSSR count). The van der Waals surface area contributed by atoms with Crippen LogP contribution in [0.5, 0.6) is 0 Å². The summed E-state index contributed by atoms with van der Waals surface area (Å²) in [4.78, 5) is 57.5. The zero-order valence-corrected chi connectivity index (χ0v) is 20.0. The van der Waals surface area contributed by atoms with Gasteiger partial charge in [0.15, 0.2) is 10.8 Å². The lowest BCUT2D eigenvalue weighted by molar-refractivity contribution is -0.150.